The minimum Gasteiger partial charge on any atom is -0.492 e. The lowest BCUT2D eigenvalue weighted by molar-refractivity contribution is -0.134. The van der Waals surface area contributed by atoms with Gasteiger partial charge in [-0.25, -0.2) is 0 Å². The topological polar surface area (TPSA) is 41.6 Å². The predicted molar refractivity (Wildman–Crippen MR) is 82.8 cm³/mol. The van der Waals surface area contributed by atoms with Crippen molar-refractivity contribution < 1.29 is 9.53 Å². The first-order valence-corrected chi connectivity index (χ1v) is 7.74. The molecule has 1 heterocycles. The first kappa shape index (κ1) is 15.3. The van der Waals surface area contributed by atoms with Crippen LogP contribution in [0, 0.1) is 5.92 Å². The summed E-state index contributed by atoms with van der Waals surface area (Å²) in [6.07, 6.45) is 0.928. The van der Waals surface area contributed by atoms with E-state index in [9.17, 15) is 4.79 Å². The van der Waals surface area contributed by atoms with Crippen LogP contribution in [0.25, 0.3) is 0 Å². The van der Waals surface area contributed by atoms with E-state index in [2.05, 4.69) is 28.2 Å². The van der Waals surface area contributed by atoms with Gasteiger partial charge < -0.3 is 15.0 Å². The van der Waals surface area contributed by atoms with E-state index < -0.39 is 0 Å². The highest BCUT2D eigenvalue weighted by molar-refractivity contribution is 9.10. The van der Waals surface area contributed by atoms with Crippen LogP contribution >= 0.6 is 15.9 Å². The van der Waals surface area contributed by atoms with Gasteiger partial charge in [0.2, 0.25) is 5.91 Å². The molecule has 5 heteroatoms. The summed E-state index contributed by atoms with van der Waals surface area (Å²) in [5, 5.41) is 3.31. The zero-order valence-corrected chi connectivity index (χ0v) is 13.5. The van der Waals surface area contributed by atoms with Crippen LogP contribution in [0.2, 0.25) is 0 Å². The molecule has 20 heavy (non-hydrogen) atoms. The lowest BCUT2D eigenvalue weighted by atomic mass is 10.0. The lowest BCUT2D eigenvalue weighted by Gasteiger charge is -2.23. The molecule has 1 amide bonds. The predicted octanol–water partition coefficient (Wildman–Crippen LogP) is 2.28. The number of ether oxygens (including phenoxy) is 1. The second kappa shape index (κ2) is 7.09. The number of nitrogens with zero attached hydrogens (tertiary/aromatic N) is 1. The Morgan fingerprint density at radius 3 is 2.75 bits per heavy atom. The van der Waals surface area contributed by atoms with Crippen molar-refractivity contribution in [1.82, 2.24) is 10.2 Å². The average Bonchev–Trinajstić information content (AvgIpc) is 2.86. The van der Waals surface area contributed by atoms with E-state index >= 15 is 0 Å². The van der Waals surface area contributed by atoms with Crippen molar-refractivity contribution in [3.63, 3.8) is 0 Å². The molecule has 2 atom stereocenters. The maximum atomic E-state index is 12.3. The summed E-state index contributed by atoms with van der Waals surface area (Å²) in [6.45, 7) is 4.12. The van der Waals surface area contributed by atoms with Gasteiger partial charge in [0.05, 0.1) is 12.5 Å². The molecule has 1 aliphatic rings. The number of halogens is 1. The summed E-state index contributed by atoms with van der Waals surface area (Å²) >= 11 is 3.38. The molecule has 1 aromatic rings. The summed E-state index contributed by atoms with van der Waals surface area (Å²) in [6, 6.07) is 7.98. The van der Waals surface area contributed by atoms with Gasteiger partial charge in [0.15, 0.2) is 0 Å². The smallest absolute Gasteiger partial charge is 0.227 e. The quantitative estimate of drug-likeness (QED) is 0.894. The number of likely N-dealkylation sites (N-methyl/N-ethyl adjacent to an activating group) is 1. The normalized spacial score (nSPS) is 21.8. The van der Waals surface area contributed by atoms with Crippen molar-refractivity contribution in [2.24, 2.45) is 5.92 Å². The number of amides is 1. The van der Waals surface area contributed by atoms with Crippen molar-refractivity contribution in [3.05, 3.63) is 28.7 Å². The Morgan fingerprint density at radius 2 is 2.15 bits per heavy atom. The third-order valence-electron chi connectivity index (χ3n) is 3.73. The minimum atomic E-state index is 0.104. The number of hydrogen-bond acceptors (Lipinski definition) is 3. The van der Waals surface area contributed by atoms with Gasteiger partial charge in [-0.1, -0.05) is 15.9 Å². The molecule has 0 spiro atoms. The van der Waals surface area contributed by atoms with Crippen LogP contribution in [-0.2, 0) is 4.79 Å². The summed E-state index contributed by atoms with van der Waals surface area (Å²) in [5.41, 5.74) is 0. The highest BCUT2D eigenvalue weighted by atomic mass is 79.9. The monoisotopic (exact) mass is 340 g/mol. The molecule has 2 rings (SSSR count). The Kier molecular flexibility index (Phi) is 5.43. The van der Waals surface area contributed by atoms with Crippen LogP contribution in [0.15, 0.2) is 28.7 Å². The fraction of sp³-hybridized carbons (Fsp3) is 0.533. The van der Waals surface area contributed by atoms with E-state index in [-0.39, 0.29) is 17.9 Å². The van der Waals surface area contributed by atoms with Gasteiger partial charge in [-0.3, -0.25) is 4.79 Å². The summed E-state index contributed by atoms with van der Waals surface area (Å²) in [4.78, 5) is 14.0. The first-order valence-electron chi connectivity index (χ1n) is 6.94. The fourth-order valence-electron chi connectivity index (χ4n) is 2.42. The number of benzene rings is 1. The van der Waals surface area contributed by atoms with Crippen molar-refractivity contribution in [1.29, 1.82) is 0 Å². The Balaban J connectivity index is 1.75. The molecule has 0 bridgehead atoms. The molecule has 1 fully saturated rings. The second-order valence-corrected chi connectivity index (χ2v) is 6.12. The van der Waals surface area contributed by atoms with Gasteiger partial charge in [0.25, 0.3) is 0 Å². The third-order valence-corrected chi connectivity index (χ3v) is 4.26. The molecule has 2 unspecified atom stereocenters. The number of nitrogens with one attached hydrogen (secondary N) is 1. The van der Waals surface area contributed by atoms with E-state index in [1.165, 1.54) is 0 Å². The van der Waals surface area contributed by atoms with E-state index in [0.717, 1.165) is 23.2 Å². The molecule has 4 nitrogen and oxygen atoms in total. The van der Waals surface area contributed by atoms with E-state index in [4.69, 9.17) is 4.74 Å². The number of rotatable bonds is 5. The van der Waals surface area contributed by atoms with Gasteiger partial charge in [-0.2, -0.15) is 0 Å². The van der Waals surface area contributed by atoms with Gasteiger partial charge in [-0.05, 0) is 44.2 Å². The second-order valence-electron chi connectivity index (χ2n) is 5.20. The standard InChI is InChI=1S/C15H21BrN2O2/c1-11-14(7-8-17-11)15(19)18(2)9-10-20-13-5-3-12(16)4-6-13/h3-6,11,14,17H,7-10H2,1-2H3. The molecule has 1 N–H and O–H groups in total. The Hall–Kier alpha value is -1.07. The summed E-state index contributed by atoms with van der Waals surface area (Å²) in [5.74, 6) is 1.14. The van der Waals surface area contributed by atoms with Gasteiger partial charge in [-0.15, -0.1) is 0 Å². The van der Waals surface area contributed by atoms with Crippen LogP contribution in [0.3, 0.4) is 0 Å². The van der Waals surface area contributed by atoms with Crippen molar-refractivity contribution in [2.75, 3.05) is 26.7 Å². The number of hydrogen-bond donors (Lipinski definition) is 1. The molecule has 0 saturated carbocycles. The molecule has 0 radical (unpaired) electrons. The molecular formula is C15H21BrN2O2. The Labute approximate surface area is 128 Å². The summed E-state index contributed by atoms with van der Waals surface area (Å²) in [7, 11) is 1.85. The maximum Gasteiger partial charge on any atom is 0.227 e. The number of carbonyl (C=O) groups excluding carboxylic acids is 1. The van der Waals surface area contributed by atoms with Gasteiger partial charge >= 0.3 is 0 Å². The maximum absolute atomic E-state index is 12.3. The van der Waals surface area contributed by atoms with E-state index in [0.29, 0.717) is 13.2 Å². The number of carbonyl (C=O) groups is 1. The molecule has 1 aliphatic heterocycles. The van der Waals surface area contributed by atoms with E-state index in [1.807, 2.05) is 31.3 Å². The third kappa shape index (κ3) is 3.96. The fourth-order valence-corrected chi connectivity index (χ4v) is 2.68. The van der Waals surface area contributed by atoms with Crippen LogP contribution in [0.5, 0.6) is 5.75 Å². The molecule has 0 aliphatic carbocycles. The zero-order valence-electron chi connectivity index (χ0n) is 11.9. The largest absolute Gasteiger partial charge is 0.492 e. The van der Waals surface area contributed by atoms with Crippen LogP contribution in [0.4, 0.5) is 0 Å². The molecule has 0 aromatic heterocycles. The molecule has 1 aromatic carbocycles. The lowest BCUT2D eigenvalue weighted by Crippen LogP contribution is -2.39. The van der Waals surface area contributed by atoms with Crippen LogP contribution in [0.1, 0.15) is 13.3 Å². The highest BCUT2D eigenvalue weighted by Crippen LogP contribution is 2.18. The van der Waals surface area contributed by atoms with Gasteiger partial charge in [0.1, 0.15) is 12.4 Å². The zero-order chi connectivity index (χ0) is 14.5. The van der Waals surface area contributed by atoms with Crippen LogP contribution in [-0.4, -0.2) is 43.6 Å². The first-order chi connectivity index (χ1) is 9.58. The van der Waals surface area contributed by atoms with Crippen molar-refractivity contribution in [3.8, 4) is 5.75 Å². The van der Waals surface area contributed by atoms with E-state index in [1.54, 1.807) is 4.90 Å². The minimum absolute atomic E-state index is 0.104. The molecule has 110 valence electrons. The Morgan fingerprint density at radius 1 is 1.45 bits per heavy atom. The SMILES string of the molecule is CC1NCCC1C(=O)N(C)CCOc1ccc(Br)cc1. The Bertz CT molecular complexity index is 450. The average molecular weight is 341 g/mol. The van der Waals surface area contributed by atoms with Gasteiger partial charge in [0, 0.05) is 17.6 Å². The molecular weight excluding hydrogens is 320 g/mol. The van der Waals surface area contributed by atoms with Crippen molar-refractivity contribution >= 4 is 21.8 Å². The molecule has 1 saturated heterocycles. The highest BCUT2D eigenvalue weighted by Gasteiger charge is 2.31. The summed E-state index contributed by atoms with van der Waals surface area (Å²) < 4.78 is 6.67. The van der Waals surface area contributed by atoms with Crippen LogP contribution < -0.4 is 10.1 Å². The van der Waals surface area contributed by atoms with Crippen molar-refractivity contribution in [2.45, 2.75) is 19.4 Å².